The summed E-state index contributed by atoms with van der Waals surface area (Å²) in [6.07, 6.45) is 1.06. The lowest BCUT2D eigenvalue weighted by Crippen LogP contribution is -2.40. The highest BCUT2D eigenvalue weighted by atomic mass is 16.3. The van der Waals surface area contributed by atoms with Gasteiger partial charge in [0.05, 0.1) is 6.61 Å². The van der Waals surface area contributed by atoms with Crippen LogP contribution in [0.4, 0.5) is 0 Å². The van der Waals surface area contributed by atoms with Crippen molar-refractivity contribution >= 4 is 0 Å². The van der Waals surface area contributed by atoms with Gasteiger partial charge in [0.2, 0.25) is 0 Å². The molecule has 0 fully saturated rings. The lowest BCUT2D eigenvalue weighted by molar-refractivity contribution is 0.234. The number of benzene rings is 1. The third-order valence-corrected chi connectivity index (χ3v) is 3.21. The van der Waals surface area contributed by atoms with Gasteiger partial charge < -0.3 is 10.4 Å². The van der Waals surface area contributed by atoms with E-state index in [9.17, 15) is 0 Å². The largest absolute Gasteiger partial charge is 0.395 e. The fourth-order valence-electron chi connectivity index (χ4n) is 2.37. The Morgan fingerprint density at radius 2 is 1.71 bits per heavy atom. The topological polar surface area (TPSA) is 32.3 Å². The SMILES string of the molecule is CC(CO)NC(C)CC(C)(C)c1ccccc1. The Hall–Kier alpha value is -0.860. The highest BCUT2D eigenvalue weighted by Crippen LogP contribution is 2.28. The molecule has 2 atom stereocenters. The summed E-state index contributed by atoms with van der Waals surface area (Å²) in [7, 11) is 0. The Bertz CT molecular complexity index is 321. The van der Waals surface area contributed by atoms with E-state index in [1.165, 1.54) is 5.56 Å². The Morgan fingerprint density at radius 3 is 2.24 bits per heavy atom. The number of nitrogens with one attached hydrogen (secondary N) is 1. The average molecular weight is 235 g/mol. The molecule has 0 amide bonds. The van der Waals surface area contributed by atoms with Crippen LogP contribution in [0.5, 0.6) is 0 Å². The van der Waals surface area contributed by atoms with Crippen LogP contribution in [0, 0.1) is 0 Å². The van der Waals surface area contributed by atoms with Crippen molar-refractivity contribution in [1.82, 2.24) is 5.32 Å². The van der Waals surface area contributed by atoms with Crippen molar-refractivity contribution in [2.75, 3.05) is 6.61 Å². The highest BCUT2D eigenvalue weighted by Gasteiger charge is 2.23. The number of aliphatic hydroxyl groups is 1. The molecule has 0 aromatic heterocycles. The Labute approximate surface area is 105 Å². The summed E-state index contributed by atoms with van der Waals surface area (Å²) < 4.78 is 0. The second-order valence-electron chi connectivity index (χ2n) is 5.61. The van der Waals surface area contributed by atoms with Crippen molar-refractivity contribution in [3.05, 3.63) is 35.9 Å². The molecule has 0 aliphatic carbocycles. The van der Waals surface area contributed by atoms with Gasteiger partial charge in [-0.3, -0.25) is 0 Å². The third kappa shape index (κ3) is 4.49. The summed E-state index contributed by atoms with van der Waals surface area (Å²) in [4.78, 5) is 0. The molecule has 0 saturated heterocycles. The van der Waals surface area contributed by atoms with E-state index in [1.807, 2.05) is 6.92 Å². The normalized spacial score (nSPS) is 15.6. The van der Waals surface area contributed by atoms with Gasteiger partial charge in [-0.25, -0.2) is 0 Å². The molecule has 17 heavy (non-hydrogen) atoms. The summed E-state index contributed by atoms with van der Waals surface area (Å²) in [6.45, 7) is 8.91. The quantitative estimate of drug-likeness (QED) is 0.794. The van der Waals surface area contributed by atoms with Crippen LogP contribution in [0.25, 0.3) is 0 Å². The van der Waals surface area contributed by atoms with E-state index < -0.39 is 0 Å². The lowest BCUT2D eigenvalue weighted by Gasteiger charge is -2.30. The van der Waals surface area contributed by atoms with Crippen molar-refractivity contribution in [2.24, 2.45) is 0 Å². The maximum atomic E-state index is 9.04. The van der Waals surface area contributed by atoms with Gasteiger partial charge >= 0.3 is 0 Å². The molecule has 0 saturated carbocycles. The molecule has 2 N–H and O–H groups in total. The molecule has 2 unspecified atom stereocenters. The molecule has 0 spiro atoms. The third-order valence-electron chi connectivity index (χ3n) is 3.21. The first kappa shape index (κ1) is 14.2. The lowest BCUT2D eigenvalue weighted by atomic mass is 9.79. The minimum atomic E-state index is 0.156. The zero-order chi connectivity index (χ0) is 12.9. The van der Waals surface area contributed by atoms with Crippen LogP contribution >= 0.6 is 0 Å². The van der Waals surface area contributed by atoms with Crippen molar-refractivity contribution in [3.8, 4) is 0 Å². The first-order valence-electron chi connectivity index (χ1n) is 6.38. The molecule has 0 aliphatic heterocycles. The molecule has 96 valence electrons. The fourth-order valence-corrected chi connectivity index (χ4v) is 2.37. The molecule has 1 aromatic rings. The van der Waals surface area contributed by atoms with E-state index in [0.717, 1.165) is 6.42 Å². The standard InChI is InChI=1S/C15H25NO/c1-12(16-13(2)11-17)10-15(3,4)14-8-6-5-7-9-14/h5-9,12-13,16-17H,10-11H2,1-4H3. The van der Waals surface area contributed by atoms with E-state index in [0.29, 0.717) is 6.04 Å². The van der Waals surface area contributed by atoms with Crippen LogP contribution in [0.2, 0.25) is 0 Å². The number of hydrogen-bond donors (Lipinski definition) is 2. The van der Waals surface area contributed by atoms with Gasteiger partial charge in [-0.1, -0.05) is 44.2 Å². The highest BCUT2D eigenvalue weighted by molar-refractivity contribution is 5.23. The second-order valence-corrected chi connectivity index (χ2v) is 5.61. The number of hydrogen-bond acceptors (Lipinski definition) is 2. The molecule has 1 rings (SSSR count). The first-order chi connectivity index (χ1) is 7.95. The van der Waals surface area contributed by atoms with Crippen LogP contribution in [-0.2, 0) is 5.41 Å². The van der Waals surface area contributed by atoms with Gasteiger partial charge in [0, 0.05) is 12.1 Å². The van der Waals surface area contributed by atoms with E-state index in [-0.39, 0.29) is 18.1 Å². The zero-order valence-electron chi connectivity index (χ0n) is 11.4. The maximum absolute atomic E-state index is 9.04. The van der Waals surface area contributed by atoms with E-state index in [4.69, 9.17) is 5.11 Å². The number of aliphatic hydroxyl groups excluding tert-OH is 1. The molecular weight excluding hydrogens is 210 g/mol. The molecule has 1 aromatic carbocycles. The fraction of sp³-hybridized carbons (Fsp3) is 0.600. The van der Waals surface area contributed by atoms with Crippen molar-refractivity contribution in [1.29, 1.82) is 0 Å². The molecule has 2 nitrogen and oxygen atoms in total. The Morgan fingerprint density at radius 1 is 1.12 bits per heavy atom. The number of rotatable bonds is 6. The Balaban J connectivity index is 2.60. The molecule has 0 aliphatic rings. The van der Waals surface area contributed by atoms with Crippen LogP contribution < -0.4 is 5.32 Å². The molecule has 0 bridgehead atoms. The zero-order valence-corrected chi connectivity index (χ0v) is 11.4. The summed E-state index contributed by atoms with van der Waals surface area (Å²) in [5.74, 6) is 0. The van der Waals surface area contributed by atoms with Gasteiger partial charge in [-0.15, -0.1) is 0 Å². The maximum Gasteiger partial charge on any atom is 0.0582 e. The van der Waals surface area contributed by atoms with Crippen molar-refractivity contribution < 1.29 is 5.11 Å². The van der Waals surface area contributed by atoms with Crippen molar-refractivity contribution in [3.63, 3.8) is 0 Å². The van der Waals surface area contributed by atoms with Crippen LogP contribution in [0.3, 0.4) is 0 Å². The van der Waals surface area contributed by atoms with Crippen LogP contribution in [0.1, 0.15) is 39.7 Å². The van der Waals surface area contributed by atoms with Gasteiger partial charge in [0.1, 0.15) is 0 Å². The minimum absolute atomic E-state index is 0.156. The van der Waals surface area contributed by atoms with E-state index >= 15 is 0 Å². The first-order valence-corrected chi connectivity index (χ1v) is 6.38. The predicted molar refractivity (Wildman–Crippen MR) is 73.2 cm³/mol. The predicted octanol–water partition coefficient (Wildman–Crippen LogP) is 2.71. The van der Waals surface area contributed by atoms with Gasteiger partial charge in [0.15, 0.2) is 0 Å². The van der Waals surface area contributed by atoms with Gasteiger partial charge in [-0.2, -0.15) is 0 Å². The second kappa shape index (κ2) is 6.18. The smallest absolute Gasteiger partial charge is 0.0582 e. The average Bonchev–Trinajstić information content (AvgIpc) is 2.29. The monoisotopic (exact) mass is 235 g/mol. The van der Waals surface area contributed by atoms with Crippen LogP contribution in [-0.4, -0.2) is 23.8 Å². The Kier molecular flexibility index (Phi) is 5.16. The minimum Gasteiger partial charge on any atom is -0.395 e. The summed E-state index contributed by atoms with van der Waals surface area (Å²) in [5, 5.41) is 12.4. The summed E-state index contributed by atoms with van der Waals surface area (Å²) >= 11 is 0. The summed E-state index contributed by atoms with van der Waals surface area (Å²) in [6, 6.07) is 11.2. The van der Waals surface area contributed by atoms with Crippen molar-refractivity contribution in [2.45, 2.75) is 51.6 Å². The van der Waals surface area contributed by atoms with Gasteiger partial charge in [0.25, 0.3) is 0 Å². The van der Waals surface area contributed by atoms with Gasteiger partial charge in [-0.05, 0) is 31.2 Å². The molecule has 0 heterocycles. The summed E-state index contributed by atoms with van der Waals surface area (Å²) in [5.41, 5.74) is 1.52. The van der Waals surface area contributed by atoms with E-state index in [2.05, 4.69) is 56.4 Å². The van der Waals surface area contributed by atoms with Crippen LogP contribution in [0.15, 0.2) is 30.3 Å². The molecule has 2 heteroatoms. The molecular formula is C15H25NO. The molecule has 0 radical (unpaired) electrons. The van der Waals surface area contributed by atoms with E-state index in [1.54, 1.807) is 0 Å².